The van der Waals surface area contributed by atoms with Gasteiger partial charge in [0.15, 0.2) is 5.82 Å². The van der Waals surface area contributed by atoms with Crippen molar-refractivity contribution < 1.29 is 9.53 Å². The number of rotatable bonds is 7. The maximum absolute atomic E-state index is 12.6. The van der Waals surface area contributed by atoms with E-state index in [1.54, 1.807) is 6.20 Å². The van der Waals surface area contributed by atoms with Gasteiger partial charge in [-0.05, 0) is 63.9 Å². The van der Waals surface area contributed by atoms with E-state index in [9.17, 15) is 4.79 Å². The Morgan fingerprint density at radius 2 is 1.73 bits per heavy atom. The lowest BCUT2D eigenvalue weighted by Crippen LogP contribution is -2.54. The topological polar surface area (TPSA) is 129 Å². The fourth-order valence-corrected chi connectivity index (χ4v) is 6.68. The van der Waals surface area contributed by atoms with E-state index in [4.69, 9.17) is 4.74 Å². The van der Waals surface area contributed by atoms with Crippen LogP contribution in [-0.2, 0) is 4.74 Å². The molecule has 10 heteroatoms. The molecular formula is C27H40N8O2. The Labute approximate surface area is 218 Å². The molecule has 0 radical (unpaired) electrons. The Balaban J connectivity index is 0.939. The summed E-state index contributed by atoms with van der Waals surface area (Å²) in [6, 6.07) is 4.72. The van der Waals surface area contributed by atoms with E-state index in [1.807, 2.05) is 6.07 Å². The molecule has 200 valence electrons. The Morgan fingerprint density at radius 1 is 0.946 bits per heavy atom. The molecule has 1 unspecified atom stereocenters. The average Bonchev–Trinajstić information content (AvgIpc) is 3.57. The average molecular weight is 509 g/mol. The molecule has 4 fully saturated rings. The summed E-state index contributed by atoms with van der Waals surface area (Å²) in [5, 5.41) is 20.8. The number of aromatic amines is 1. The van der Waals surface area contributed by atoms with Gasteiger partial charge in [-0.15, -0.1) is 0 Å². The molecule has 1 aliphatic heterocycles. The Morgan fingerprint density at radius 3 is 2.51 bits per heavy atom. The Hall–Kier alpha value is -2.88. The van der Waals surface area contributed by atoms with Crippen LogP contribution in [0.15, 0.2) is 18.3 Å². The van der Waals surface area contributed by atoms with Gasteiger partial charge in [-0.1, -0.05) is 19.3 Å². The minimum absolute atomic E-state index is 0.0183. The standard InChI is InChI=1S/C27H40N8O2/c36-26(31-21-6-3-12-27(15-21)16-37-17-27)30-20-9-7-19(8-10-20)29-25-28-13-11-23(33-25)32-24-14-22(34-35-24)18-4-1-2-5-18/h11,13-14,18-21H,1-10,12,15-17H2,(H2,30,31,36)(H3,28,29,32,33,34,35). The fraction of sp³-hybridized carbons (Fsp3) is 0.704. The summed E-state index contributed by atoms with van der Waals surface area (Å²) in [4.78, 5) is 21.7. The van der Waals surface area contributed by atoms with Crippen LogP contribution in [0.5, 0.6) is 0 Å². The Kier molecular flexibility index (Phi) is 7.17. The van der Waals surface area contributed by atoms with E-state index < -0.39 is 0 Å². The zero-order valence-corrected chi connectivity index (χ0v) is 21.6. The zero-order valence-electron chi connectivity index (χ0n) is 21.6. The summed E-state index contributed by atoms with van der Waals surface area (Å²) in [6.45, 7) is 1.72. The van der Waals surface area contributed by atoms with E-state index in [0.29, 0.717) is 23.3 Å². The molecule has 1 atom stereocenters. The van der Waals surface area contributed by atoms with Gasteiger partial charge in [-0.2, -0.15) is 10.1 Å². The maximum Gasteiger partial charge on any atom is 0.315 e. The first-order valence-corrected chi connectivity index (χ1v) is 14.2. The minimum atomic E-state index is -0.0183. The number of nitrogens with one attached hydrogen (secondary N) is 5. The quantitative estimate of drug-likeness (QED) is 0.370. The first-order chi connectivity index (χ1) is 18.1. The molecule has 1 saturated heterocycles. The summed E-state index contributed by atoms with van der Waals surface area (Å²) in [5.74, 6) is 2.74. The number of ether oxygens (including phenoxy) is 1. The van der Waals surface area contributed by atoms with Crippen molar-refractivity contribution in [2.75, 3.05) is 23.8 Å². The molecule has 4 aliphatic rings. The predicted molar refractivity (Wildman–Crippen MR) is 142 cm³/mol. The highest BCUT2D eigenvalue weighted by Crippen LogP contribution is 2.42. The van der Waals surface area contributed by atoms with Gasteiger partial charge in [-0.3, -0.25) is 5.10 Å². The lowest BCUT2D eigenvalue weighted by molar-refractivity contribution is -0.134. The number of carbonyl (C=O) groups is 1. The SMILES string of the molecule is O=C(NC1CCC(Nc2nccc(Nc3cc(C4CCCC4)[nH]n3)n2)CC1)NC1CCCC2(COC2)C1. The van der Waals surface area contributed by atoms with Gasteiger partial charge < -0.3 is 26.0 Å². The second-order valence-electron chi connectivity index (χ2n) is 11.7. The van der Waals surface area contributed by atoms with Crippen LogP contribution >= 0.6 is 0 Å². The molecule has 2 aromatic rings. The van der Waals surface area contributed by atoms with Crippen molar-refractivity contribution in [1.82, 2.24) is 30.8 Å². The molecular weight excluding hydrogens is 468 g/mol. The van der Waals surface area contributed by atoms with E-state index in [1.165, 1.54) is 44.2 Å². The number of amides is 2. The normalized spacial score (nSPS) is 27.4. The van der Waals surface area contributed by atoms with Crippen molar-refractivity contribution in [2.45, 2.75) is 101 Å². The van der Waals surface area contributed by atoms with E-state index >= 15 is 0 Å². The number of aromatic nitrogens is 4. The van der Waals surface area contributed by atoms with Gasteiger partial charge in [0.05, 0.1) is 13.2 Å². The number of nitrogens with zero attached hydrogens (tertiary/aromatic N) is 3. The maximum atomic E-state index is 12.6. The minimum Gasteiger partial charge on any atom is -0.380 e. The summed E-state index contributed by atoms with van der Waals surface area (Å²) < 4.78 is 5.44. The zero-order chi connectivity index (χ0) is 25.1. The van der Waals surface area contributed by atoms with Crippen molar-refractivity contribution >= 4 is 23.6 Å². The van der Waals surface area contributed by atoms with Crippen molar-refractivity contribution in [3.05, 3.63) is 24.0 Å². The van der Waals surface area contributed by atoms with Crippen molar-refractivity contribution in [2.24, 2.45) is 5.41 Å². The molecule has 10 nitrogen and oxygen atoms in total. The molecule has 2 amide bonds. The highest BCUT2D eigenvalue weighted by molar-refractivity contribution is 5.74. The molecule has 3 aliphatic carbocycles. The van der Waals surface area contributed by atoms with Crippen molar-refractivity contribution in [1.29, 1.82) is 0 Å². The summed E-state index contributed by atoms with van der Waals surface area (Å²) >= 11 is 0. The highest BCUT2D eigenvalue weighted by atomic mass is 16.5. The molecule has 1 spiro atoms. The number of hydrogen-bond acceptors (Lipinski definition) is 7. The number of H-pyrrole nitrogens is 1. The van der Waals surface area contributed by atoms with E-state index in [-0.39, 0.29) is 18.1 Å². The van der Waals surface area contributed by atoms with Gasteiger partial charge in [0, 0.05) is 47.4 Å². The van der Waals surface area contributed by atoms with E-state index in [2.05, 4.69) is 47.5 Å². The second kappa shape index (κ2) is 10.8. The highest BCUT2D eigenvalue weighted by Gasteiger charge is 2.43. The number of hydrogen-bond donors (Lipinski definition) is 5. The van der Waals surface area contributed by atoms with Gasteiger partial charge in [0.1, 0.15) is 5.82 Å². The molecule has 6 rings (SSSR count). The third-order valence-corrected chi connectivity index (χ3v) is 8.79. The van der Waals surface area contributed by atoms with Gasteiger partial charge in [0.2, 0.25) is 5.95 Å². The van der Waals surface area contributed by atoms with Crippen LogP contribution in [0, 0.1) is 5.41 Å². The molecule has 3 saturated carbocycles. The lowest BCUT2D eigenvalue weighted by atomic mass is 9.71. The summed E-state index contributed by atoms with van der Waals surface area (Å²) in [5.41, 5.74) is 1.54. The third-order valence-electron chi connectivity index (χ3n) is 8.79. The lowest BCUT2D eigenvalue weighted by Gasteiger charge is -2.47. The van der Waals surface area contributed by atoms with Crippen molar-refractivity contribution in [3.8, 4) is 0 Å². The van der Waals surface area contributed by atoms with E-state index in [0.717, 1.165) is 63.4 Å². The van der Waals surface area contributed by atoms with Gasteiger partial charge in [0.25, 0.3) is 0 Å². The van der Waals surface area contributed by atoms with Gasteiger partial charge in [-0.25, -0.2) is 9.78 Å². The predicted octanol–water partition coefficient (Wildman–Crippen LogP) is 4.58. The Bertz CT molecular complexity index is 1060. The summed E-state index contributed by atoms with van der Waals surface area (Å²) in [6.07, 6.45) is 15.2. The number of carbonyl (C=O) groups excluding carboxylic acids is 1. The molecule has 2 aromatic heterocycles. The molecule has 5 N–H and O–H groups in total. The summed E-state index contributed by atoms with van der Waals surface area (Å²) in [7, 11) is 0. The monoisotopic (exact) mass is 508 g/mol. The number of anilines is 3. The fourth-order valence-electron chi connectivity index (χ4n) is 6.68. The first-order valence-electron chi connectivity index (χ1n) is 14.2. The molecule has 3 heterocycles. The van der Waals surface area contributed by atoms with Crippen LogP contribution in [0.1, 0.15) is 88.7 Å². The van der Waals surface area contributed by atoms with Gasteiger partial charge >= 0.3 is 6.03 Å². The molecule has 0 bridgehead atoms. The largest absolute Gasteiger partial charge is 0.380 e. The van der Waals surface area contributed by atoms with Crippen molar-refractivity contribution in [3.63, 3.8) is 0 Å². The van der Waals surface area contributed by atoms with Crippen LogP contribution in [0.3, 0.4) is 0 Å². The smallest absolute Gasteiger partial charge is 0.315 e. The number of urea groups is 1. The second-order valence-corrected chi connectivity index (χ2v) is 11.7. The third kappa shape index (κ3) is 6.00. The van der Waals surface area contributed by atoms with Crippen LogP contribution in [0.4, 0.5) is 22.4 Å². The van der Waals surface area contributed by atoms with Crippen LogP contribution in [-0.4, -0.2) is 57.5 Å². The molecule has 0 aromatic carbocycles. The van der Waals surface area contributed by atoms with Crippen LogP contribution in [0.2, 0.25) is 0 Å². The molecule has 37 heavy (non-hydrogen) atoms. The first kappa shape index (κ1) is 24.5. The van der Waals surface area contributed by atoms with Crippen LogP contribution < -0.4 is 21.3 Å². The van der Waals surface area contributed by atoms with Crippen LogP contribution in [0.25, 0.3) is 0 Å².